The van der Waals surface area contributed by atoms with Gasteiger partial charge in [-0.05, 0) is 57.2 Å². The number of phenolic OH excluding ortho intramolecular Hbond substituents is 1. The van der Waals surface area contributed by atoms with Crippen LogP contribution in [0.4, 0.5) is 5.69 Å². The van der Waals surface area contributed by atoms with Crippen molar-refractivity contribution in [2.75, 3.05) is 23.7 Å². The first-order chi connectivity index (χ1) is 18.0. The molecule has 4 rings (SSSR count). The van der Waals surface area contributed by atoms with Crippen molar-refractivity contribution in [3.63, 3.8) is 0 Å². The number of hydrazone groups is 1. The van der Waals surface area contributed by atoms with Crippen LogP contribution in [0, 0.1) is 6.92 Å². The van der Waals surface area contributed by atoms with Crippen LogP contribution in [0.25, 0.3) is 17.1 Å². The lowest BCUT2D eigenvalue weighted by Gasteiger charge is -2.21. The Balaban J connectivity index is 1.44. The van der Waals surface area contributed by atoms with Gasteiger partial charge in [-0.15, -0.1) is 10.2 Å². The molecule has 1 amide bonds. The summed E-state index contributed by atoms with van der Waals surface area (Å²) >= 11 is 1.26. The molecule has 2 heterocycles. The Morgan fingerprint density at radius 1 is 1.08 bits per heavy atom. The zero-order chi connectivity index (χ0) is 26.2. The zero-order valence-electron chi connectivity index (χ0n) is 21.0. The van der Waals surface area contributed by atoms with Crippen molar-refractivity contribution < 1.29 is 9.90 Å². The second kappa shape index (κ2) is 12.2. The van der Waals surface area contributed by atoms with Gasteiger partial charge in [0.25, 0.3) is 5.91 Å². The number of aromatic hydroxyl groups is 1. The third-order valence-corrected chi connectivity index (χ3v) is 6.66. The molecule has 0 saturated heterocycles. The number of anilines is 1. The third kappa shape index (κ3) is 6.34. The molecule has 2 aromatic carbocycles. The number of pyridine rings is 1. The molecule has 2 N–H and O–H groups in total. The van der Waals surface area contributed by atoms with Crippen molar-refractivity contribution in [2.45, 2.75) is 25.9 Å². The quantitative estimate of drug-likeness (QED) is 0.183. The fourth-order valence-corrected chi connectivity index (χ4v) is 4.49. The first kappa shape index (κ1) is 25.9. The van der Waals surface area contributed by atoms with E-state index in [1.54, 1.807) is 24.5 Å². The van der Waals surface area contributed by atoms with E-state index in [0.717, 1.165) is 35.6 Å². The summed E-state index contributed by atoms with van der Waals surface area (Å²) in [6.07, 6.45) is 4.84. The molecule has 10 heteroatoms. The Hall–Kier alpha value is -4.18. The summed E-state index contributed by atoms with van der Waals surface area (Å²) in [4.78, 5) is 18.7. The lowest BCUT2D eigenvalue weighted by Crippen LogP contribution is -2.21. The number of phenols is 1. The molecule has 2 aromatic heterocycles. The number of nitrogens with zero attached hydrogens (tertiary/aromatic N) is 6. The Kier molecular flexibility index (Phi) is 8.52. The highest BCUT2D eigenvalue weighted by molar-refractivity contribution is 7.99. The number of thioether (sulfide) groups is 1. The number of hydrogen-bond donors (Lipinski definition) is 2. The summed E-state index contributed by atoms with van der Waals surface area (Å²) in [5.41, 5.74) is 6.88. The lowest BCUT2D eigenvalue weighted by molar-refractivity contribution is -0.118. The van der Waals surface area contributed by atoms with E-state index in [4.69, 9.17) is 0 Å². The molecule has 190 valence electrons. The zero-order valence-corrected chi connectivity index (χ0v) is 21.8. The molecule has 37 heavy (non-hydrogen) atoms. The van der Waals surface area contributed by atoms with Gasteiger partial charge in [0, 0.05) is 54.1 Å². The highest BCUT2D eigenvalue weighted by Gasteiger charge is 2.17. The number of hydrogen-bond acceptors (Lipinski definition) is 8. The Morgan fingerprint density at radius 2 is 1.81 bits per heavy atom. The van der Waals surface area contributed by atoms with E-state index in [9.17, 15) is 9.90 Å². The van der Waals surface area contributed by atoms with Crippen LogP contribution in [0.3, 0.4) is 0 Å². The second-order valence-electron chi connectivity index (χ2n) is 8.21. The normalized spacial score (nSPS) is 11.1. The number of carbonyl (C=O) groups is 1. The summed E-state index contributed by atoms with van der Waals surface area (Å²) < 4.78 is 1.92. The minimum Gasteiger partial charge on any atom is -0.507 e. The monoisotopic (exact) mass is 515 g/mol. The maximum atomic E-state index is 12.5. The van der Waals surface area contributed by atoms with E-state index in [2.05, 4.69) is 44.5 Å². The lowest BCUT2D eigenvalue weighted by atomic mass is 10.2. The van der Waals surface area contributed by atoms with Crippen molar-refractivity contribution in [2.24, 2.45) is 5.10 Å². The second-order valence-corrected chi connectivity index (χ2v) is 9.15. The van der Waals surface area contributed by atoms with Crippen molar-refractivity contribution in [1.82, 2.24) is 25.2 Å². The van der Waals surface area contributed by atoms with Crippen molar-refractivity contribution in [1.29, 1.82) is 0 Å². The Bertz CT molecular complexity index is 1370. The molecule has 0 atom stereocenters. The van der Waals surface area contributed by atoms with Gasteiger partial charge in [0.05, 0.1) is 12.0 Å². The summed E-state index contributed by atoms with van der Waals surface area (Å²) in [5, 5.41) is 23.7. The summed E-state index contributed by atoms with van der Waals surface area (Å²) in [6.45, 7) is 7.84. The number of aryl methyl sites for hydroxylation is 1. The predicted octanol–water partition coefficient (Wildman–Crippen LogP) is 4.43. The number of nitrogens with one attached hydrogen (secondary N) is 1. The van der Waals surface area contributed by atoms with Crippen LogP contribution < -0.4 is 10.3 Å². The maximum Gasteiger partial charge on any atom is 0.250 e. The molecule has 0 aliphatic carbocycles. The molecule has 0 aliphatic rings. The van der Waals surface area contributed by atoms with E-state index >= 15 is 0 Å². The van der Waals surface area contributed by atoms with Gasteiger partial charge in [0.15, 0.2) is 11.0 Å². The SMILES string of the molecule is CCN(CC)c1ccc(/C=N/NC(=O)CSc2nnc(-c3ccncc3)n2-c2ccc(C)cc2)c(O)c1. The van der Waals surface area contributed by atoms with Crippen molar-refractivity contribution >= 4 is 29.6 Å². The first-order valence-corrected chi connectivity index (χ1v) is 12.9. The average Bonchev–Trinajstić information content (AvgIpc) is 3.34. The van der Waals surface area contributed by atoms with Crippen LogP contribution in [0.2, 0.25) is 0 Å². The number of amides is 1. The molecule has 0 saturated carbocycles. The van der Waals surface area contributed by atoms with Crippen LogP contribution in [0.15, 0.2) is 77.2 Å². The first-order valence-electron chi connectivity index (χ1n) is 12.0. The summed E-state index contributed by atoms with van der Waals surface area (Å²) in [5.74, 6) is 0.553. The molecule has 0 bridgehead atoms. The van der Waals surface area contributed by atoms with Crippen LogP contribution in [-0.2, 0) is 4.79 Å². The van der Waals surface area contributed by atoms with Gasteiger partial charge in [-0.3, -0.25) is 14.3 Å². The van der Waals surface area contributed by atoms with Gasteiger partial charge in [0.2, 0.25) is 0 Å². The van der Waals surface area contributed by atoms with Crippen LogP contribution >= 0.6 is 11.8 Å². The predicted molar refractivity (Wildman–Crippen MR) is 147 cm³/mol. The molecular formula is C27H29N7O2S. The highest BCUT2D eigenvalue weighted by Crippen LogP contribution is 2.28. The fraction of sp³-hybridized carbons (Fsp3) is 0.222. The fourth-order valence-electron chi connectivity index (χ4n) is 3.74. The molecular weight excluding hydrogens is 486 g/mol. The van der Waals surface area contributed by atoms with E-state index in [0.29, 0.717) is 16.5 Å². The van der Waals surface area contributed by atoms with E-state index in [1.165, 1.54) is 18.0 Å². The Morgan fingerprint density at radius 3 is 2.49 bits per heavy atom. The minimum atomic E-state index is -0.301. The number of rotatable bonds is 10. The van der Waals surface area contributed by atoms with E-state index in [-0.39, 0.29) is 17.4 Å². The maximum absolute atomic E-state index is 12.5. The average molecular weight is 516 g/mol. The topological polar surface area (TPSA) is 109 Å². The molecule has 0 fully saturated rings. The van der Waals surface area contributed by atoms with Gasteiger partial charge in [0.1, 0.15) is 5.75 Å². The largest absolute Gasteiger partial charge is 0.507 e. The molecule has 4 aromatic rings. The van der Waals surface area contributed by atoms with Crippen molar-refractivity contribution in [3.8, 4) is 22.8 Å². The number of carbonyl (C=O) groups excluding carboxylic acids is 1. The van der Waals surface area contributed by atoms with Crippen LogP contribution in [0.1, 0.15) is 25.0 Å². The van der Waals surface area contributed by atoms with E-state index < -0.39 is 0 Å². The number of benzene rings is 2. The third-order valence-electron chi connectivity index (χ3n) is 5.73. The van der Waals surface area contributed by atoms with Gasteiger partial charge in [-0.1, -0.05) is 29.5 Å². The number of aromatic nitrogens is 4. The van der Waals surface area contributed by atoms with Crippen LogP contribution in [-0.4, -0.2) is 55.8 Å². The Labute approximate surface area is 220 Å². The smallest absolute Gasteiger partial charge is 0.250 e. The van der Waals surface area contributed by atoms with Gasteiger partial charge in [-0.2, -0.15) is 5.10 Å². The standard InChI is InChI=1S/C27H29N7O2S/c1-4-33(5-2)23-11-8-21(24(35)16-23)17-29-30-25(36)18-37-27-32-31-26(20-12-14-28-15-13-20)34(27)22-9-6-19(3)7-10-22/h6-17,35H,4-5,18H2,1-3H3,(H,30,36)/b29-17+. The molecule has 0 spiro atoms. The summed E-state index contributed by atoms with van der Waals surface area (Å²) in [7, 11) is 0. The molecule has 0 unspecified atom stereocenters. The van der Waals surface area contributed by atoms with Gasteiger partial charge in [-0.25, -0.2) is 5.43 Å². The van der Waals surface area contributed by atoms with Crippen molar-refractivity contribution in [3.05, 3.63) is 78.1 Å². The van der Waals surface area contributed by atoms with E-state index in [1.807, 2.05) is 54.0 Å². The minimum absolute atomic E-state index is 0.0879. The van der Waals surface area contributed by atoms with Gasteiger partial charge >= 0.3 is 0 Å². The van der Waals surface area contributed by atoms with Gasteiger partial charge < -0.3 is 10.0 Å². The molecule has 9 nitrogen and oxygen atoms in total. The van der Waals surface area contributed by atoms with Crippen LogP contribution in [0.5, 0.6) is 5.75 Å². The summed E-state index contributed by atoms with van der Waals surface area (Å²) in [6, 6.07) is 17.2. The molecule has 0 radical (unpaired) electrons. The highest BCUT2D eigenvalue weighted by atomic mass is 32.2. The molecule has 0 aliphatic heterocycles.